The number of hydrogen-bond donors (Lipinski definition) is 0. The SMILES string of the molecule is Cc1cc(OCCOc2cccc(-c3nnco3)c2)ccc1C(C)C. The minimum Gasteiger partial charge on any atom is -0.490 e. The third-order valence-electron chi connectivity index (χ3n) is 3.93. The molecule has 0 aliphatic carbocycles. The van der Waals surface area contributed by atoms with Gasteiger partial charge in [-0.15, -0.1) is 10.2 Å². The second-order valence-electron chi connectivity index (χ2n) is 6.14. The summed E-state index contributed by atoms with van der Waals surface area (Å²) in [5.74, 6) is 2.60. The van der Waals surface area contributed by atoms with E-state index >= 15 is 0 Å². The molecule has 0 bridgehead atoms. The number of aromatic nitrogens is 2. The molecule has 5 heteroatoms. The van der Waals surface area contributed by atoms with Crippen LogP contribution in [0.3, 0.4) is 0 Å². The van der Waals surface area contributed by atoms with Crippen LogP contribution in [0.15, 0.2) is 53.3 Å². The Hall–Kier alpha value is -2.82. The summed E-state index contributed by atoms with van der Waals surface area (Å²) >= 11 is 0. The van der Waals surface area contributed by atoms with Gasteiger partial charge in [0.15, 0.2) is 0 Å². The van der Waals surface area contributed by atoms with Crippen molar-refractivity contribution in [3.63, 3.8) is 0 Å². The highest BCUT2D eigenvalue weighted by Crippen LogP contribution is 2.24. The molecule has 0 fully saturated rings. The minimum absolute atomic E-state index is 0.457. The zero-order chi connectivity index (χ0) is 17.6. The Bertz CT molecular complexity index is 814. The second-order valence-corrected chi connectivity index (χ2v) is 6.14. The molecule has 25 heavy (non-hydrogen) atoms. The van der Waals surface area contributed by atoms with Gasteiger partial charge in [-0.2, -0.15) is 0 Å². The third-order valence-corrected chi connectivity index (χ3v) is 3.93. The Morgan fingerprint density at radius 1 is 1.00 bits per heavy atom. The molecule has 2 aromatic carbocycles. The number of nitrogens with zero attached hydrogens (tertiary/aromatic N) is 2. The van der Waals surface area contributed by atoms with Gasteiger partial charge in [0.1, 0.15) is 24.7 Å². The first-order valence-electron chi connectivity index (χ1n) is 8.36. The van der Waals surface area contributed by atoms with E-state index in [0.717, 1.165) is 17.1 Å². The molecule has 0 aliphatic heterocycles. The molecule has 0 unspecified atom stereocenters. The van der Waals surface area contributed by atoms with Crippen molar-refractivity contribution in [2.45, 2.75) is 26.7 Å². The maximum absolute atomic E-state index is 5.78. The lowest BCUT2D eigenvalue weighted by atomic mass is 9.98. The molecule has 1 aromatic heterocycles. The zero-order valence-electron chi connectivity index (χ0n) is 14.7. The first-order chi connectivity index (χ1) is 12.1. The van der Waals surface area contributed by atoms with E-state index < -0.39 is 0 Å². The van der Waals surface area contributed by atoms with Crippen LogP contribution in [-0.2, 0) is 0 Å². The molecule has 0 radical (unpaired) electrons. The van der Waals surface area contributed by atoms with Crippen molar-refractivity contribution in [1.82, 2.24) is 10.2 Å². The molecule has 0 aliphatic rings. The molecule has 0 N–H and O–H groups in total. The quantitative estimate of drug-likeness (QED) is 0.588. The van der Waals surface area contributed by atoms with Gasteiger partial charge >= 0.3 is 0 Å². The van der Waals surface area contributed by atoms with Gasteiger partial charge in [-0.25, -0.2) is 0 Å². The van der Waals surface area contributed by atoms with Gasteiger partial charge in [0.25, 0.3) is 0 Å². The first-order valence-corrected chi connectivity index (χ1v) is 8.36. The summed E-state index contributed by atoms with van der Waals surface area (Å²) in [6.07, 6.45) is 1.31. The smallest absolute Gasteiger partial charge is 0.247 e. The van der Waals surface area contributed by atoms with Crippen molar-refractivity contribution in [3.8, 4) is 23.0 Å². The average Bonchev–Trinajstić information content (AvgIpc) is 3.13. The van der Waals surface area contributed by atoms with Crippen LogP contribution in [0.25, 0.3) is 11.5 Å². The van der Waals surface area contributed by atoms with Crippen LogP contribution in [0, 0.1) is 6.92 Å². The van der Waals surface area contributed by atoms with Crippen LogP contribution in [0.4, 0.5) is 0 Å². The van der Waals surface area contributed by atoms with E-state index in [1.54, 1.807) is 0 Å². The van der Waals surface area contributed by atoms with E-state index in [0.29, 0.717) is 25.0 Å². The molecule has 3 aromatic rings. The molecule has 0 spiro atoms. The highest BCUT2D eigenvalue weighted by molar-refractivity contribution is 5.55. The summed E-state index contributed by atoms with van der Waals surface area (Å²) in [4.78, 5) is 0. The maximum Gasteiger partial charge on any atom is 0.247 e. The highest BCUT2D eigenvalue weighted by atomic mass is 16.5. The Balaban J connectivity index is 1.52. The zero-order valence-corrected chi connectivity index (χ0v) is 14.7. The monoisotopic (exact) mass is 338 g/mol. The van der Waals surface area contributed by atoms with Crippen molar-refractivity contribution in [3.05, 3.63) is 60.0 Å². The van der Waals surface area contributed by atoms with E-state index in [1.807, 2.05) is 30.3 Å². The number of ether oxygens (including phenoxy) is 2. The fraction of sp³-hybridized carbons (Fsp3) is 0.300. The number of rotatable bonds is 7. The van der Waals surface area contributed by atoms with Gasteiger partial charge in [0.05, 0.1) is 0 Å². The van der Waals surface area contributed by atoms with Crippen LogP contribution in [0.1, 0.15) is 30.9 Å². The van der Waals surface area contributed by atoms with Gasteiger partial charge in [-0.1, -0.05) is 26.0 Å². The van der Waals surface area contributed by atoms with E-state index in [2.05, 4.69) is 43.1 Å². The summed E-state index contributed by atoms with van der Waals surface area (Å²) < 4.78 is 16.7. The molecule has 130 valence electrons. The largest absolute Gasteiger partial charge is 0.490 e. The first kappa shape index (κ1) is 17.0. The fourth-order valence-electron chi connectivity index (χ4n) is 2.72. The van der Waals surface area contributed by atoms with E-state index in [-0.39, 0.29) is 0 Å². The molecule has 0 saturated heterocycles. The normalized spacial score (nSPS) is 10.9. The van der Waals surface area contributed by atoms with Gasteiger partial charge in [0, 0.05) is 5.56 Å². The molecule has 1 heterocycles. The van der Waals surface area contributed by atoms with Crippen LogP contribution in [-0.4, -0.2) is 23.4 Å². The van der Waals surface area contributed by atoms with Crippen LogP contribution >= 0.6 is 0 Å². The Labute approximate surface area is 147 Å². The van der Waals surface area contributed by atoms with Crippen molar-refractivity contribution >= 4 is 0 Å². The molecular formula is C20H22N2O3. The molecule has 0 atom stereocenters. The predicted molar refractivity (Wildman–Crippen MR) is 96.0 cm³/mol. The van der Waals surface area contributed by atoms with Crippen molar-refractivity contribution in [2.24, 2.45) is 0 Å². The van der Waals surface area contributed by atoms with Gasteiger partial charge in [-0.3, -0.25) is 0 Å². The number of hydrogen-bond acceptors (Lipinski definition) is 5. The maximum atomic E-state index is 5.78. The van der Waals surface area contributed by atoms with E-state index in [4.69, 9.17) is 13.9 Å². The molecule has 5 nitrogen and oxygen atoms in total. The van der Waals surface area contributed by atoms with E-state index in [1.165, 1.54) is 17.5 Å². The lowest BCUT2D eigenvalue weighted by Gasteiger charge is -2.13. The summed E-state index contributed by atoms with van der Waals surface area (Å²) in [5, 5.41) is 7.58. The Morgan fingerprint density at radius 3 is 2.40 bits per heavy atom. The third kappa shape index (κ3) is 4.38. The molecule has 0 amide bonds. The average molecular weight is 338 g/mol. The lowest BCUT2D eigenvalue weighted by Crippen LogP contribution is -2.09. The topological polar surface area (TPSA) is 57.4 Å². The van der Waals surface area contributed by atoms with Crippen molar-refractivity contribution < 1.29 is 13.9 Å². The van der Waals surface area contributed by atoms with Crippen LogP contribution in [0.5, 0.6) is 11.5 Å². The highest BCUT2D eigenvalue weighted by Gasteiger charge is 2.06. The second kappa shape index (κ2) is 7.83. The van der Waals surface area contributed by atoms with Gasteiger partial charge < -0.3 is 13.9 Å². The van der Waals surface area contributed by atoms with Crippen molar-refractivity contribution in [1.29, 1.82) is 0 Å². The van der Waals surface area contributed by atoms with Crippen LogP contribution in [0.2, 0.25) is 0 Å². The summed E-state index contributed by atoms with van der Waals surface area (Å²) in [5.41, 5.74) is 3.43. The van der Waals surface area contributed by atoms with Gasteiger partial charge in [0.2, 0.25) is 12.3 Å². The molecule has 3 rings (SSSR count). The lowest BCUT2D eigenvalue weighted by molar-refractivity contribution is 0.217. The van der Waals surface area contributed by atoms with Gasteiger partial charge in [-0.05, 0) is 54.3 Å². The standard InChI is InChI=1S/C20H22N2O3/c1-14(2)19-8-7-18(11-15(19)3)24-10-9-23-17-6-4-5-16(12-17)20-22-21-13-25-20/h4-8,11-14H,9-10H2,1-3H3. The fourth-order valence-corrected chi connectivity index (χ4v) is 2.72. The summed E-state index contributed by atoms with van der Waals surface area (Å²) in [6.45, 7) is 7.43. The van der Waals surface area contributed by atoms with Crippen molar-refractivity contribution in [2.75, 3.05) is 13.2 Å². The Morgan fingerprint density at radius 2 is 1.76 bits per heavy atom. The Kier molecular flexibility index (Phi) is 5.33. The summed E-state index contributed by atoms with van der Waals surface area (Å²) in [7, 11) is 0. The van der Waals surface area contributed by atoms with E-state index in [9.17, 15) is 0 Å². The number of benzene rings is 2. The molecular weight excluding hydrogens is 316 g/mol. The van der Waals surface area contributed by atoms with Crippen LogP contribution < -0.4 is 9.47 Å². The molecule has 0 saturated carbocycles. The predicted octanol–water partition coefficient (Wildman–Crippen LogP) is 4.63. The summed E-state index contributed by atoms with van der Waals surface area (Å²) in [6, 6.07) is 13.8. The number of aryl methyl sites for hydroxylation is 1. The minimum atomic E-state index is 0.457.